The molecule has 2 atom stereocenters. The zero-order valence-electron chi connectivity index (χ0n) is 20.8. The molecule has 3 nitrogen and oxygen atoms in total. The predicted octanol–water partition coefficient (Wildman–Crippen LogP) is 7.39. The van der Waals surface area contributed by atoms with E-state index < -0.39 is 0 Å². The van der Waals surface area contributed by atoms with Crippen LogP contribution in [0, 0.1) is 5.82 Å². The SMILES string of the molecule is C=C1C2C(CCc3ccc4c(oc5cc(F)ccc54)c3-c3cccc[n+]31)c1ccccc1-c1cccc[n+]12. The fraction of sp³-hybridized carbons (Fsp3) is 0.118. The van der Waals surface area contributed by atoms with Gasteiger partial charge < -0.3 is 4.42 Å². The molecule has 0 saturated carbocycles. The second-order valence-corrected chi connectivity index (χ2v) is 10.3. The first-order chi connectivity index (χ1) is 18.7. The number of hydrogen-bond donors (Lipinski definition) is 0. The number of fused-ring (bicyclic) bond motifs is 13. The molecule has 0 saturated heterocycles. The van der Waals surface area contributed by atoms with Crippen LogP contribution in [-0.4, -0.2) is 0 Å². The van der Waals surface area contributed by atoms with Gasteiger partial charge in [-0.15, -0.1) is 0 Å². The first-order valence-electron chi connectivity index (χ1n) is 13.1. The van der Waals surface area contributed by atoms with Crippen LogP contribution in [0.4, 0.5) is 4.39 Å². The second-order valence-electron chi connectivity index (χ2n) is 10.3. The van der Waals surface area contributed by atoms with Gasteiger partial charge in [0.2, 0.25) is 23.1 Å². The number of pyridine rings is 2. The average molecular weight is 497 g/mol. The van der Waals surface area contributed by atoms with Crippen molar-refractivity contribution >= 4 is 27.6 Å². The number of aromatic nitrogens is 2. The number of rotatable bonds is 0. The van der Waals surface area contributed by atoms with Crippen molar-refractivity contribution in [2.45, 2.75) is 24.8 Å². The summed E-state index contributed by atoms with van der Waals surface area (Å²) in [6.07, 6.45) is 6.14. The van der Waals surface area contributed by atoms with Crippen LogP contribution in [0.15, 0.2) is 114 Å². The lowest BCUT2D eigenvalue weighted by Gasteiger charge is -2.29. The molecule has 2 aliphatic heterocycles. The Morgan fingerprint density at radius 2 is 1.61 bits per heavy atom. The van der Waals surface area contributed by atoms with Crippen molar-refractivity contribution < 1.29 is 17.9 Å². The highest BCUT2D eigenvalue weighted by atomic mass is 19.1. The molecule has 0 amide bonds. The minimum atomic E-state index is -0.294. The molecular formula is C34H25FN2O+2. The third-order valence-corrected chi connectivity index (χ3v) is 8.39. The maximum Gasteiger partial charge on any atom is 0.249 e. The van der Waals surface area contributed by atoms with Gasteiger partial charge in [-0.2, -0.15) is 9.13 Å². The van der Waals surface area contributed by atoms with Crippen LogP contribution in [0.25, 0.3) is 50.2 Å². The van der Waals surface area contributed by atoms with Crippen molar-refractivity contribution in [3.05, 3.63) is 127 Å². The molecule has 5 heterocycles. The van der Waals surface area contributed by atoms with Gasteiger partial charge in [-0.3, -0.25) is 0 Å². The number of benzene rings is 3. The molecule has 2 unspecified atom stereocenters. The van der Waals surface area contributed by atoms with E-state index in [0.29, 0.717) is 5.58 Å². The molecule has 6 aromatic rings. The van der Waals surface area contributed by atoms with Crippen molar-refractivity contribution in [1.82, 2.24) is 0 Å². The first kappa shape index (κ1) is 21.5. The summed E-state index contributed by atoms with van der Waals surface area (Å²) in [6.45, 7) is 4.72. The van der Waals surface area contributed by atoms with Crippen LogP contribution in [0.3, 0.4) is 0 Å². The van der Waals surface area contributed by atoms with E-state index in [0.717, 1.165) is 46.2 Å². The maximum atomic E-state index is 14.1. The second kappa shape index (κ2) is 7.96. The van der Waals surface area contributed by atoms with Crippen LogP contribution in [-0.2, 0) is 6.42 Å². The summed E-state index contributed by atoms with van der Waals surface area (Å²) in [6, 6.07) is 30.7. The average Bonchev–Trinajstić information content (AvgIpc) is 3.34. The van der Waals surface area contributed by atoms with E-state index in [1.807, 2.05) is 6.07 Å². The molecule has 0 N–H and O–H groups in total. The van der Waals surface area contributed by atoms with Crippen molar-refractivity contribution in [2.24, 2.45) is 0 Å². The Kier molecular flexibility index (Phi) is 4.51. The Morgan fingerprint density at radius 1 is 0.816 bits per heavy atom. The highest BCUT2D eigenvalue weighted by Gasteiger charge is 2.46. The van der Waals surface area contributed by atoms with E-state index in [-0.39, 0.29) is 17.8 Å². The van der Waals surface area contributed by atoms with E-state index in [2.05, 4.69) is 94.3 Å². The summed E-state index contributed by atoms with van der Waals surface area (Å²) in [5.74, 6) is -0.0385. The van der Waals surface area contributed by atoms with Gasteiger partial charge in [0.1, 0.15) is 17.0 Å². The van der Waals surface area contributed by atoms with E-state index in [9.17, 15) is 4.39 Å². The molecule has 4 heteroatoms. The first-order valence-corrected chi connectivity index (χ1v) is 13.1. The molecule has 0 spiro atoms. The molecule has 0 fully saturated rings. The summed E-state index contributed by atoms with van der Waals surface area (Å²) in [5.41, 5.74) is 9.58. The van der Waals surface area contributed by atoms with Crippen LogP contribution in [0.1, 0.15) is 29.5 Å². The highest BCUT2D eigenvalue weighted by Crippen LogP contribution is 2.46. The highest BCUT2D eigenvalue weighted by molar-refractivity contribution is 6.09. The fourth-order valence-corrected chi connectivity index (χ4v) is 6.75. The molecule has 0 bridgehead atoms. The van der Waals surface area contributed by atoms with E-state index in [1.165, 1.54) is 34.5 Å². The van der Waals surface area contributed by atoms with Crippen LogP contribution in [0.5, 0.6) is 0 Å². The van der Waals surface area contributed by atoms with Gasteiger partial charge in [-0.1, -0.05) is 30.3 Å². The molecular weight excluding hydrogens is 471 g/mol. The smallest absolute Gasteiger partial charge is 0.249 e. The topological polar surface area (TPSA) is 20.9 Å². The van der Waals surface area contributed by atoms with Crippen molar-refractivity contribution in [2.75, 3.05) is 0 Å². The van der Waals surface area contributed by atoms with Gasteiger partial charge in [0.25, 0.3) is 0 Å². The summed E-state index contributed by atoms with van der Waals surface area (Å²) >= 11 is 0. The number of allylic oxidation sites excluding steroid dienone is 1. The van der Waals surface area contributed by atoms with Gasteiger partial charge in [-0.05, 0) is 60.9 Å². The van der Waals surface area contributed by atoms with Crippen LogP contribution < -0.4 is 9.13 Å². The Bertz CT molecular complexity index is 1940. The lowest BCUT2D eigenvalue weighted by Crippen LogP contribution is -2.53. The molecule has 3 aromatic heterocycles. The van der Waals surface area contributed by atoms with E-state index in [4.69, 9.17) is 11.0 Å². The molecule has 38 heavy (non-hydrogen) atoms. The number of aryl methyl sites for hydroxylation is 1. The normalized spacial score (nSPS) is 18.0. The van der Waals surface area contributed by atoms with Gasteiger partial charge in [0, 0.05) is 46.7 Å². The van der Waals surface area contributed by atoms with Crippen LogP contribution >= 0.6 is 0 Å². The summed E-state index contributed by atoms with van der Waals surface area (Å²) in [7, 11) is 0. The zero-order valence-corrected chi connectivity index (χ0v) is 20.8. The standard InChI is InChI=1S/C34H25FN2O/c1-21-33-27(24-8-2-3-9-25(24)29-10-4-7-19-37(29)33)15-12-22-13-16-28-26-17-14-23(35)20-31(26)38-34(28)32(22)30-11-5-6-18-36(21)30/h2-11,13-14,16-20,27,33H,1,12,15H2/q+2. The summed E-state index contributed by atoms with van der Waals surface area (Å²) < 4.78 is 25.1. The van der Waals surface area contributed by atoms with Gasteiger partial charge in [-0.25, -0.2) is 4.39 Å². The quantitative estimate of drug-likeness (QED) is 0.201. The Labute approximate surface area is 219 Å². The zero-order chi connectivity index (χ0) is 25.4. The largest absolute Gasteiger partial charge is 0.455 e. The number of halogens is 1. The number of furan rings is 1. The lowest BCUT2D eigenvalue weighted by molar-refractivity contribution is -0.727. The predicted molar refractivity (Wildman–Crippen MR) is 147 cm³/mol. The summed E-state index contributed by atoms with van der Waals surface area (Å²) in [4.78, 5) is 0. The molecule has 0 aliphatic carbocycles. The molecule has 0 radical (unpaired) electrons. The fourth-order valence-electron chi connectivity index (χ4n) is 6.75. The third kappa shape index (κ3) is 2.94. The molecule has 3 aromatic carbocycles. The third-order valence-electron chi connectivity index (χ3n) is 8.39. The minimum Gasteiger partial charge on any atom is -0.455 e. The molecule has 8 rings (SSSR count). The molecule has 2 aliphatic rings. The van der Waals surface area contributed by atoms with Crippen molar-refractivity contribution in [3.8, 4) is 22.5 Å². The van der Waals surface area contributed by atoms with Gasteiger partial charge in [0.05, 0.1) is 11.5 Å². The lowest BCUT2D eigenvalue weighted by atomic mass is 9.78. The summed E-state index contributed by atoms with van der Waals surface area (Å²) in [5, 5.41) is 1.93. The van der Waals surface area contributed by atoms with E-state index >= 15 is 0 Å². The monoisotopic (exact) mass is 496 g/mol. The van der Waals surface area contributed by atoms with Crippen LogP contribution in [0.2, 0.25) is 0 Å². The van der Waals surface area contributed by atoms with Crippen molar-refractivity contribution in [3.63, 3.8) is 0 Å². The van der Waals surface area contributed by atoms with Gasteiger partial charge >= 0.3 is 0 Å². The number of nitrogens with zero attached hydrogens (tertiary/aromatic N) is 2. The van der Waals surface area contributed by atoms with E-state index in [1.54, 1.807) is 0 Å². The van der Waals surface area contributed by atoms with Crippen molar-refractivity contribution in [1.29, 1.82) is 0 Å². The Morgan fingerprint density at radius 3 is 2.53 bits per heavy atom. The Hall–Kier alpha value is -4.57. The maximum absolute atomic E-state index is 14.1. The number of hydrogen-bond acceptors (Lipinski definition) is 1. The molecule has 182 valence electrons. The Balaban J connectivity index is 1.43. The van der Waals surface area contributed by atoms with Gasteiger partial charge in [0.15, 0.2) is 12.4 Å². The minimum absolute atomic E-state index is 0.0572.